The van der Waals surface area contributed by atoms with Crippen molar-refractivity contribution in [3.63, 3.8) is 0 Å². The van der Waals surface area contributed by atoms with E-state index in [1.54, 1.807) is 6.20 Å². The van der Waals surface area contributed by atoms with Crippen molar-refractivity contribution in [2.45, 2.75) is 32.1 Å². The lowest BCUT2D eigenvalue weighted by atomic mass is 9.89. The van der Waals surface area contributed by atoms with Gasteiger partial charge in [0, 0.05) is 13.6 Å². The molecular weight excluding hydrogens is 257 g/mol. The fraction of sp³-hybridized carbons (Fsp3) is 0.667. The van der Waals surface area contributed by atoms with E-state index in [0.29, 0.717) is 5.02 Å². The highest BCUT2D eigenvalue weighted by atomic mass is 35.5. The van der Waals surface area contributed by atoms with Crippen LogP contribution < -0.4 is 4.90 Å². The van der Waals surface area contributed by atoms with Gasteiger partial charge >= 0.3 is 0 Å². The highest BCUT2D eigenvalue weighted by Crippen LogP contribution is 2.28. The quantitative estimate of drug-likeness (QED) is 0.785. The van der Waals surface area contributed by atoms with Crippen LogP contribution >= 0.6 is 23.2 Å². The summed E-state index contributed by atoms with van der Waals surface area (Å²) in [5.41, 5.74) is 0. The molecule has 5 heteroatoms. The van der Waals surface area contributed by atoms with Crippen LogP contribution in [0.5, 0.6) is 0 Å². The lowest BCUT2D eigenvalue weighted by molar-refractivity contribution is 0.361. The molecule has 1 aliphatic rings. The predicted molar refractivity (Wildman–Crippen MR) is 71.9 cm³/mol. The molecular formula is C12H17Cl2N3. The van der Waals surface area contributed by atoms with Crippen LogP contribution in [-0.4, -0.2) is 23.6 Å². The molecule has 0 amide bonds. The molecule has 0 N–H and O–H groups in total. The number of hydrogen-bond acceptors (Lipinski definition) is 3. The van der Waals surface area contributed by atoms with Gasteiger partial charge in [-0.1, -0.05) is 30.9 Å². The maximum atomic E-state index is 6.08. The van der Waals surface area contributed by atoms with Crippen LogP contribution in [0.3, 0.4) is 0 Å². The summed E-state index contributed by atoms with van der Waals surface area (Å²) < 4.78 is 0. The monoisotopic (exact) mass is 273 g/mol. The van der Waals surface area contributed by atoms with Crippen molar-refractivity contribution in [3.8, 4) is 0 Å². The van der Waals surface area contributed by atoms with Gasteiger partial charge in [0.1, 0.15) is 5.02 Å². The second kappa shape index (κ2) is 5.87. The molecule has 0 unspecified atom stereocenters. The van der Waals surface area contributed by atoms with Gasteiger partial charge in [0.25, 0.3) is 0 Å². The van der Waals surface area contributed by atoms with Gasteiger partial charge in [-0.2, -0.15) is 4.98 Å². The molecule has 94 valence electrons. The summed E-state index contributed by atoms with van der Waals surface area (Å²) in [6.45, 7) is 0.993. The Bertz CT molecular complexity index is 378. The van der Waals surface area contributed by atoms with Gasteiger partial charge < -0.3 is 4.90 Å². The minimum Gasteiger partial charge on any atom is -0.358 e. The van der Waals surface area contributed by atoms with Gasteiger partial charge in [0.2, 0.25) is 5.28 Å². The maximum Gasteiger partial charge on any atom is 0.224 e. The van der Waals surface area contributed by atoms with Crippen molar-refractivity contribution in [2.75, 3.05) is 18.5 Å². The Hall–Kier alpha value is -0.540. The Morgan fingerprint density at radius 3 is 2.71 bits per heavy atom. The van der Waals surface area contributed by atoms with Crippen LogP contribution in [-0.2, 0) is 0 Å². The fourth-order valence-electron chi connectivity index (χ4n) is 2.45. The largest absolute Gasteiger partial charge is 0.358 e. The fourth-order valence-corrected chi connectivity index (χ4v) is 2.81. The molecule has 0 spiro atoms. The van der Waals surface area contributed by atoms with E-state index < -0.39 is 0 Å². The van der Waals surface area contributed by atoms with Crippen LogP contribution in [0.1, 0.15) is 32.1 Å². The highest BCUT2D eigenvalue weighted by molar-refractivity contribution is 6.33. The Balaban J connectivity index is 2.02. The molecule has 0 bridgehead atoms. The summed E-state index contributed by atoms with van der Waals surface area (Å²) in [7, 11) is 2.01. The topological polar surface area (TPSA) is 29.0 Å². The number of hydrogen-bond donors (Lipinski definition) is 0. The van der Waals surface area contributed by atoms with Crippen LogP contribution in [0.4, 0.5) is 5.82 Å². The molecule has 1 saturated carbocycles. The molecule has 0 aromatic carbocycles. The first-order valence-electron chi connectivity index (χ1n) is 6.06. The zero-order valence-corrected chi connectivity index (χ0v) is 11.5. The molecule has 1 aliphatic carbocycles. The Morgan fingerprint density at radius 2 is 2.00 bits per heavy atom. The zero-order chi connectivity index (χ0) is 12.3. The number of halogens is 2. The minimum atomic E-state index is 0.250. The molecule has 0 saturated heterocycles. The van der Waals surface area contributed by atoms with Crippen molar-refractivity contribution in [2.24, 2.45) is 5.92 Å². The summed E-state index contributed by atoms with van der Waals surface area (Å²) in [6.07, 6.45) is 8.24. The summed E-state index contributed by atoms with van der Waals surface area (Å²) in [5, 5.41) is 0.813. The van der Waals surface area contributed by atoms with E-state index in [4.69, 9.17) is 23.2 Å². The third-order valence-electron chi connectivity index (χ3n) is 3.31. The Kier molecular flexibility index (Phi) is 4.46. The molecule has 17 heavy (non-hydrogen) atoms. The van der Waals surface area contributed by atoms with Gasteiger partial charge in [-0.25, -0.2) is 4.98 Å². The molecule has 2 rings (SSSR count). The summed E-state index contributed by atoms with van der Waals surface area (Å²) in [5.74, 6) is 1.48. The van der Waals surface area contributed by atoms with E-state index in [9.17, 15) is 0 Å². The first-order valence-corrected chi connectivity index (χ1v) is 6.81. The van der Waals surface area contributed by atoms with Crippen molar-refractivity contribution < 1.29 is 0 Å². The van der Waals surface area contributed by atoms with Crippen LogP contribution in [0, 0.1) is 5.92 Å². The summed E-state index contributed by atoms with van der Waals surface area (Å²) in [4.78, 5) is 10.1. The third kappa shape index (κ3) is 3.46. The molecule has 0 atom stereocenters. The van der Waals surface area contributed by atoms with E-state index >= 15 is 0 Å². The smallest absolute Gasteiger partial charge is 0.224 e. The van der Waals surface area contributed by atoms with Crippen molar-refractivity contribution >= 4 is 29.0 Å². The number of nitrogens with zero attached hydrogens (tertiary/aromatic N) is 3. The standard InChI is InChI=1S/C12H17Cl2N3/c1-17(8-9-5-3-2-4-6-9)11-10(13)7-15-12(14)16-11/h7,9H,2-6,8H2,1H3. The second-order valence-corrected chi connectivity index (χ2v) is 5.44. The molecule has 0 radical (unpaired) electrons. The summed E-state index contributed by atoms with van der Waals surface area (Å²) >= 11 is 11.9. The predicted octanol–water partition coefficient (Wildman–Crippen LogP) is 3.80. The zero-order valence-electron chi connectivity index (χ0n) is 9.99. The van der Waals surface area contributed by atoms with Crippen LogP contribution in [0.2, 0.25) is 10.3 Å². The van der Waals surface area contributed by atoms with Crippen molar-refractivity contribution in [3.05, 3.63) is 16.5 Å². The first kappa shape index (κ1) is 12.9. The molecule has 3 nitrogen and oxygen atoms in total. The van der Waals surface area contributed by atoms with Crippen molar-refractivity contribution in [1.82, 2.24) is 9.97 Å². The molecule has 1 aromatic heterocycles. The van der Waals surface area contributed by atoms with E-state index in [0.717, 1.165) is 18.3 Å². The number of anilines is 1. The van der Waals surface area contributed by atoms with E-state index in [1.807, 2.05) is 7.05 Å². The molecule has 1 aromatic rings. The molecule has 0 aliphatic heterocycles. The Labute approximate surface area is 112 Å². The molecule has 1 fully saturated rings. The van der Waals surface area contributed by atoms with Crippen LogP contribution in [0.15, 0.2) is 6.20 Å². The first-order chi connectivity index (χ1) is 8.16. The minimum absolute atomic E-state index is 0.250. The number of aromatic nitrogens is 2. The van der Waals surface area contributed by atoms with Gasteiger partial charge in [-0.05, 0) is 30.4 Å². The second-order valence-electron chi connectivity index (χ2n) is 4.70. The van der Waals surface area contributed by atoms with Gasteiger partial charge in [-0.15, -0.1) is 0 Å². The van der Waals surface area contributed by atoms with E-state index in [1.165, 1.54) is 32.1 Å². The average molecular weight is 274 g/mol. The highest BCUT2D eigenvalue weighted by Gasteiger charge is 2.17. The van der Waals surface area contributed by atoms with Gasteiger partial charge in [-0.3, -0.25) is 0 Å². The average Bonchev–Trinajstić information content (AvgIpc) is 2.33. The van der Waals surface area contributed by atoms with Gasteiger partial charge in [0.05, 0.1) is 6.20 Å². The molecule has 1 heterocycles. The van der Waals surface area contributed by atoms with Crippen LogP contribution in [0.25, 0.3) is 0 Å². The SMILES string of the molecule is CN(CC1CCCCC1)c1nc(Cl)ncc1Cl. The van der Waals surface area contributed by atoms with E-state index in [-0.39, 0.29) is 5.28 Å². The maximum absolute atomic E-state index is 6.08. The van der Waals surface area contributed by atoms with E-state index in [2.05, 4.69) is 14.9 Å². The number of rotatable bonds is 3. The van der Waals surface area contributed by atoms with Gasteiger partial charge in [0.15, 0.2) is 5.82 Å². The summed E-state index contributed by atoms with van der Waals surface area (Å²) in [6, 6.07) is 0. The third-order valence-corrected chi connectivity index (χ3v) is 3.76. The normalized spacial score (nSPS) is 17.1. The van der Waals surface area contributed by atoms with Crippen molar-refractivity contribution in [1.29, 1.82) is 0 Å². The lowest BCUT2D eigenvalue weighted by Crippen LogP contribution is -2.27. The lowest BCUT2D eigenvalue weighted by Gasteiger charge is -2.28. The Morgan fingerprint density at radius 1 is 1.29 bits per heavy atom.